The maximum Gasteiger partial charge on any atom is 0.118 e. The Bertz CT molecular complexity index is 258. The molecule has 0 spiro atoms. The highest BCUT2D eigenvalue weighted by Crippen LogP contribution is 2.16. The normalized spacial score (nSPS) is 11.1. The summed E-state index contributed by atoms with van der Waals surface area (Å²) >= 11 is 1.93. The first kappa shape index (κ1) is 11.7. The Labute approximate surface area is 90.7 Å². The molecule has 14 heavy (non-hydrogen) atoms. The highest BCUT2D eigenvalue weighted by molar-refractivity contribution is 7.98. The van der Waals surface area contributed by atoms with Gasteiger partial charge in [-0.3, -0.25) is 0 Å². The molecule has 1 aromatic rings. The van der Waals surface area contributed by atoms with Crippen LogP contribution in [0.15, 0.2) is 16.5 Å². The molecule has 0 saturated carbocycles. The van der Waals surface area contributed by atoms with E-state index in [0.717, 1.165) is 23.8 Å². The monoisotopic (exact) mass is 213 g/mol. The average Bonchev–Trinajstić information content (AvgIpc) is 2.52. The van der Waals surface area contributed by atoms with Gasteiger partial charge >= 0.3 is 0 Å². The molecule has 1 rings (SSSR count). The third-order valence-electron chi connectivity index (χ3n) is 1.78. The van der Waals surface area contributed by atoms with E-state index in [1.807, 2.05) is 25.9 Å². The molecule has 0 aliphatic carbocycles. The predicted molar refractivity (Wildman–Crippen MR) is 62.6 cm³/mol. The van der Waals surface area contributed by atoms with Crippen LogP contribution >= 0.6 is 11.8 Å². The maximum absolute atomic E-state index is 5.68. The van der Waals surface area contributed by atoms with Gasteiger partial charge in [-0.2, -0.15) is 11.8 Å². The number of furan rings is 1. The van der Waals surface area contributed by atoms with Gasteiger partial charge < -0.3 is 9.32 Å². The summed E-state index contributed by atoms with van der Waals surface area (Å²) in [6, 6.07) is 4.16. The number of hydrogen-bond donors (Lipinski definition) is 0. The summed E-state index contributed by atoms with van der Waals surface area (Å²) in [5.41, 5.74) is 0. The lowest BCUT2D eigenvalue weighted by atomic mass is 10.4. The van der Waals surface area contributed by atoms with Gasteiger partial charge in [0.15, 0.2) is 0 Å². The molecule has 0 fully saturated rings. The lowest BCUT2D eigenvalue weighted by Gasteiger charge is -2.05. The lowest BCUT2D eigenvalue weighted by Crippen LogP contribution is -2.09. The summed E-state index contributed by atoms with van der Waals surface area (Å²) in [4.78, 5) is 2.11. The summed E-state index contributed by atoms with van der Waals surface area (Å²) in [5, 5.41) is 0. The van der Waals surface area contributed by atoms with E-state index in [9.17, 15) is 0 Å². The number of nitrogens with zero attached hydrogens (tertiary/aromatic N) is 1. The maximum atomic E-state index is 5.68. The minimum atomic E-state index is 0.887. The molecule has 0 saturated heterocycles. The molecule has 80 valence electrons. The highest BCUT2D eigenvalue weighted by atomic mass is 32.2. The topological polar surface area (TPSA) is 16.4 Å². The SMILES string of the molecule is CCCSCc1ccc(CN(C)C)o1. The molecule has 0 unspecified atom stereocenters. The van der Waals surface area contributed by atoms with Crippen LogP contribution in [0.25, 0.3) is 0 Å². The third-order valence-corrected chi connectivity index (χ3v) is 2.97. The summed E-state index contributed by atoms with van der Waals surface area (Å²) in [7, 11) is 4.10. The second kappa shape index (κ2) is 6.14. The van der Waals surface area contributed by atoms with Gasteiger partial charge in [-0.25, -0.2) is 0 Å². The van der Waals surface area contributed by atoms with Crippen LogP contribution in [0.4, 0.5) is 0 Å². The second-order valence-electron chi connectivity index (χ2n) is 3.66. The molecule has 0 aromatic carbocycles. The van der Waals surface area contributed by atoms with Crippen molar-refractivity contribution in [3.05, 3.63) is 23.7 Å². The van der Waals surface area contributed by atoms with Crippen molar-refractivity contribution in [2.45, 2.75) is 25.6 Å². The average molecular weight is 213 g/mol. The number of thioether (sulfide) groups is 1. The molecule has 0 atom stereocenters. The Morgan fingerprint density at radius 1 is 1.29 bits per heavy atom. The van der Waals surface area contributed by atoms with Crippen molar-refractivity contribution >= 4 is 11.8 Å². The van der Waals surface area contributed by atoms with Gasteiger partial charge in [0.05, 0.1) is 12.3 Å². The van der Waals surface area contributed by atoms with Crippen molar-refractivity contribution in [3.8, 4) is 0 Å². The Balaban J connectivity index is 2.35. The predicted octanol–water partition coefficient (Wildman–Crippen LogP) is 2.98. The minimum Gasteiger partial charge on any atom is -0.464 e. The fourth-order valence-corrected chi connectivity index (χ4v) is 2.00. The molecular weight excluding hydrogens is 194 g/mol. The van der Waals surface area contributed by atoms with Crippen LogP contribution in [-0.2, 0) is 12.3 Å². The minimum absolute atomic E-state index is 0.887. The molecule has 1 aromatic heterocycles. The van der Waals surface area contributed by atoms with E-state index in [0.29, 0.717) is 0 Å². The summed E-state index contributed by atoms with van der Waals surface area (Å²) in [6.45, 7) is 3.09. The molecule has 0 aliphatic rings. The molecule has 0 aliphatic heterocycles. The molecular formula is C11H19NOS. The molecule has 0 bridgehead atoms. The number of hydrogen-bond acceptors (Lipinski definition) is 3. The van der Waals surface area contributed by atoms with E-state index in [1.54, 1.807) is 0 Å². The van der Waals surface area contributed by atoms with Gasteiger partial charge in [0.1, 0.15) is 11.5 Å². The largest absolute Gasteiger partial charge is 0.464 e. The number of rotatable bonds is 6. The van der Waals surface area contributed by atoms with Crippen LogP contribution in [0.1, 0.15) is 24.9 Å². The van der Waals surface area contributed by atoms with E-state index < -0.39 is 0 Å². The van der Waals surface area contributed by atoms with Crippen LogP contribution in [0.3, 0.4) is 0 Å². The molecule has 0 N–H and O–H groups in total. The summed E-state index contributed by atoms with van der Waals surface area (Å²) in [6.07, 6.45) is 1.23. The standard InChI is InChI=1S/C11H19NOS/c1-4-7-14-9-11-6-5-10(13-11)8-12(2)3/h5-6H,4,7-9H2,1-3H3. The van der Waals surface area contributed by atoms with E-state index in [4.69, 9.17) is 4.42 Å². The zero-order valence-corrected chi connectivity index (χ0v) is 10.1. The van der Waals surface area contributed by atoms with Crippen molar-refractivity contribution < 1.29 is 4.42 Å². The van der Waals surface area contributed by atoms with E-state index in [-0.39, 0.29) is 0 Å². The van der Waals surface area contributed by atoms with Crippen LogP contribution in [-0.4, -0.2) is 24.7 Å². The zero-order chi connectivity index (χ0) is 10.4. The highest BCUT2D eigenvalue weighted by Gasteiger charge is 2.02. The fraction of sp³-hybridized carbons (Fsp3) is 0.636. The first-order chi connectivity index (χ1) is 6.72. The molecule has 3 heteroatoms. The molecule has 2 nitrogen and oxygen atoms in total. The summed E-state index contributed by atoms with van der Waals surface area (Å²) in [5.74, 6) is 4.37. The fourth-order valence-electron chi connectivity index (χ4n) is 1.21. The zero-order valence-electron chi connectivity index (χ0n) is 9.25. The van der Waals surface area contributed by atoms with Crippen molar-refractivity contribution in [3.63, 3.8) is 0 Å². The smallest absolute Gasteiger partial charge is 0.118 e. The van der Waals surface area contributed by atoms with Crippen molar-refractivity contribution in [1.29, 1.82) is 0 Å². The second-order valence-corrected chi connectivity index (χ2v) is 4.76. The first-order valence-electron chi connectivity index (χ1n) is 5.02. The van der Waals surface area contributed by atoms with E-state index in [2.05, 4.69) is 24.0 Å². The lowest BCUT2D eigenvalue weighted by molar-refractivity contribution is 0.344. The first-order valence-corrected chi connectivity index (χ1v) is 6.18. The molecule has 1 heterocycles. The van der Waals surface area contributed by atoms with Gasteiger partial charge in [-0.1, -0.05) is 6.92 Å². The van der Waals surface area contributed by atoms with Gasteiger partial charge in [0.2, 0.25) is 0 Å². The van der Waals surface area contributed by atoms with Gasteiger partial charge in [0.25, 0.3) is 0 Å². The van der Waals surface area contributed by atoms with Crippen molar-refractivity contribution in [2.75, 3.05) is 19.8 Å². The molecule has 0 amide bonds. The van der Waals surface area contributed by atoms with Gasteiger partial charge in [-0.05, 0) is 38.4 Å². The Kier molecular flexibility index (Phi) is 5.12. The molecule has 0 radical (unpaired) electrons. The Hall–Kier alpha value is -0.410. The van der Waals surface area contributed by atoms with Crippen molar-refractivity contribution in [2.24, 2.45) is 0 Å². The van der Waals surface area contributed by atoms with Gasteiger partial charge in [0, 0.05) is 0 Å². The van der Waals surface area contributed by atoms with Crippen LogP contribution in [0, 0.1) is 0 Å². The van der Waals surface area contributed by atoms with Crippen LogP contribution in [0.5, 0.6) is 0 Å². The van der Waals surface area contributed by atoms with E-state index in [1.165, 1.54) is 12.2 Å². The quantitative estimate of drug-likeness (QED) is 0.676. The van der Waals surface area contributed by atoms with Gasteiger partial charge in [-0.15, -0.1) is 0 Å². The summed E-state index contributed by atoms with van der Waals surface area (Å²) < 4.78 is 5.68. The van der Waals surface area contributed by atoms with Crippen LogP contribution in [0.2, 0.25) is 0 Å². The van der Waals surface area contributed by atoms with Crippen LogP contribution < -0.4 is 0 Å². The van der Waals surface area contributed by atoms with Crippen molar-refractivity contribution in [1.82, 2.24) is 4.90 Å². The Morgan fingerprint density at radius 2 is 2.00 bits per heavy atom. The Morgan fingerprint density at radius 3 is 2.64 bits per heavy atom. The third kappa shape index (κ3) is 4.20. The van der Waals surface area contributed by atoms with E-state index >= 15 is 0 Å².